The van der Waals surface area contributed by atoms with Crippen molar-refractivity contribution in [2.75, 3.05) is 16.1 Å². The highest BCUT2D eigenvalue weighted by Gasteiger charge is 2.18. The van der Waals surface area contributed by atoms with Crippen LogP contribution >= 0.6 is 15.9 Å². The molecule has 1 aromatic heterocycles. The molecule has 6 nitrogen and oxygen atoms in total. The monoisotopic (exact) mass is 328 g/mol. The normalized spacial score (nSPS) is 12.4. The maximum atomic E-state index is 11.4. The maximum Gasteiger partial charge on any atom is 0.248 e. The summed E-state index contributed by atoms with van der Waals surface area (Å²) in [5.41, 5.74) is 0. The minimum absolute atomic E-state index is 0.0758. The Morgan fingerprint density at radius 2 is 1.94 bits per heavy atom. The molecule has 0 aromatic carbocycles. The predicted molar refractivity (Wildman–Crippen MR) is 64.2 cm³/mol. The Balaban J connectivity index is 2.85. The fraction of sp³-hybridized carbons (Fsp3) is 0.286. The van der Waals surface area contributed by atoms with Crippen molar-refractivity contribution in [1.29, 1.82) is 0 Å². The molecule has 0 amide bonds. The zero-order chi connectivity index (χ0) is 12.4. The van der Waals surface area contributed by atoms with Crippen molar-refractivity contribution in [3.05, 3.63) is 22.8 Å². The first kappa shape index (κ1) is 13.4. The Kier molecular flexibility index (Phi) is 3.92. The van der Waals surface area contributed by atoms with Crippen molar-refractivity contribution in [2.45, 2.75) is 0 Å². The van der Waals surface area contributed by atoms with E-state index in [0.717, 1.165) is 6.26 Å². The SMILES string of the molecule is CS(=O)(=O)CS(=O)(=O)Nc1ccc(Br)cn1. The molecule has 0 saturated heterocycles. The Morgan fingerprint density at radius 1 is 1.31 bits per heavy atom. The molecule has 90 valence electrons. The van der Waals surface area contributed by atoms with Gasteiger partial charge in [-0.15, -0.1) is 0 Å². The van der Waals surface area contributed by atoms with Crippen LogP contribution in [-0.4, -0.2) is 33.2 Å². The molecule has 1 aromatic rings. The number of hydrogen-bond donors (Lipinski definition) is 1. The van der Waals surface area contributed by atoms with Gasteiger partial charge >= 0.3 is 0 Å². The largest absolute Gasteiger partial charge is 0.266 e. The second-order valence-corrected chi connectivity index (χ2v) is 8.27. The number of nitrogens with zero attached hydrogens (tertiary/aromatic N) is 1. The second-order valence-electron chi connectivity index (χ2n) is 3.12. The fourth-order valence-electron chi connectivity index (χ4n) is 0.907. The molecule has 0 aliphatic carbocycles. The Bertz CT molecular complexity index is 565. The van der Waals surface area contributed by atoms with Crippen LogP contribution in [0, 0.1) is 0 Å². The molecule has 0 aliphatic heterocycles. The molecule has 0 unspecified atom stereocenters. The van der Waals surface area contributed by atoms with E-state index in [9.17, 15) is 16.8 Å². The highest BCUT2D eigenvalue weighted by Crippen LogP contribution is 2.12. The fourth-order valence-corrected chi connectivity index (χ4v) is 4.07. The summed E-state index contributed by atoms with van der Waals surface area (Å²) in [7, 11) is -7.52. The van der Waals surface area contributed by atoms with Gasteiger partial charge in [-0.3, -0.25) is 4.72 Å². The van der Waals surface area contributed by atoms with E-state index in [1.807, 2.05) is 0 Å². The lowest BCUT2D eigenvalue weighted by atomic mass is 10.5. The Labute approximate surface area is 102 Å². The van der Waals surface area contributed by atoms with Crippen LogP contribution in [0.25, 0.3) is 0 Å². The van der Waals surface area contributed by atoms with Gasteiger partial charge < -0.3 is 0 Å². The molecule has 0 radical (unpaired) electrons. The summed E-state index contributed by atoms with van der Waals surface area (Å²) in [6.45, 7) is 0. The third-order valence-electron chi connectivity index (χ3n) is 1.36. The lowest BCUT2D eigenvalue weighted by molar-refractivity contribution is 0.595. The van der Waals surface area contributed by atoms with E-state index in [0.29, 0.717) is 4.47 Å². The summed E-state index contributed by atoms with van der Waals surface area (Å²) in [6, 6.07) is 3.01. The van der Waals surface area contributed by atoms with Gasteiger partial charge in [0, 0.05) is 16.9 Å². The molecule has 0 fully saturated rings. The van der Waals surface area contributed by atoms with Crippen LogP contribution in [0.4, 0.5) is 5.82 Å². The number of halogens is 1. The number of rotatable bonds is 4. The highest BCUT2D eigenvalue weighted by atomic mass is 79.9. The first-order valence-electron chi connectivity index (χ1n) is 3.98. The van der Waals surface area contributed by atoms with E-state index < -0.39 is 24.9 Å². The molecule has 0 aliphatic rings. The van der Waals surface area contributed by atoms with E-state index >= 15 is 0 Å². The van der Waals surface area contributed by atoms with E-state index in [4.69, 9.17) is 0 Å². The van der Waals surface area contributed by atoms with Gasteiger partial charge in [-0.2, -0.15) is 0 Å². The van der Waals surface area contributed by atoms with Crippen molar-refractivity contribution < 1.29 is 16.8 Å². The minimum Gasteiger partial charge on any atom is -0.266 e. The lowest BCUT2D eigenvalue weighted by Crippen LogP contribution is -2.22. The van der Waals surface area contributed by atoms with Crippen LogP contribution in [0.5, 0.6) is 0 Å². The summed E-state index contributed by atoms with van der Waals surface area (Å²) in [5, 5.41) is -0.961. The van der Waals surface area contributed by atoms with Crippen LogP contribution in [-0.2, 0) is 19.9 Å². The number of sulfone groups is 1. The molecule has 0 spiro atoms. The average Bonchev–Trinajstić information content (AvgIpc) is 2.04. The topological polar surface area (TPSA) is 93.2 Å². The van der Waals surface area contributed by atoms with Crippen molar-refractivity contribution in [2.24, 2.45) is 0 Å². The number of sulfonamides is 1. The summed E-state index contributed by atoms with van der Waals surface area (Å²) >= 11 is 3.14. The molecule has 1 rings (SSSR count). The molecule has 1 N–H and O–H groups in total. The average molecular weight is 329 g/mol. The van der Waals surface area contributed by atoms with Crippen LogP contribution < -0.4 is 4.72 Å². The quantitative estimate of drug-likeness (QED) is 0.872. The zero-order valence-electron chi connectivity index (χ0n) is 8.21. The molecule has 0 saturated carbocycles. The van der Waals surface area contributed by atoms with Crippen LogP contribution in [0.2, 0.25) is 0 Å². The number of aromatic nitrogens is 1. The van der Waals surface area contributed by atoms with Gasteiger partial charge in [-0.1, -0.05) is 0 Å². The van der Waals surface area contributed by atoms with Crippen LogP contribution in [0.3, 0.4) is 0 Å². The van der Waals surface area contributed by atoms with Crippen LogP contribution in [0.1, 0.15) is 0 Å². The van der Waals surface area contributed by atoms with Gasteiger partial charge in [0.25, 0.3) is 0 Å². The molecule has 16 heavy (non-hydrogen) atoms. The zero-order valence-corrected chi connectivity index (χ0v) is 11.4. The molecule has 0 bridgehead atoms. The molecule has 9 heteroatoms. The van der Waals surface area contributed by atoms with Gasteiger partial charge in [0.15, 0.2) is 14.9 Å². The summed E-state index contributed by atoms with van der Waals surface area (Å²) in [6.07, 6.45) is 2.25. The van der Waals surface area contributed by atoms with Gasteiger partial charge in [0.1, 0.15) is 5.82 Å². The number of pyridine rings is 1. The number of nitrogens with one attached hydrogen (secondary N) is 1. The minimum atomic E-state index is -3.92. The van der Waals surface area contributed by atoms with Crippen LogP contribution in [0.15, 0.2) is 22.8 Å². The van der Waals surface area contributed by atoms with Crippen molar-refractivity contribution in [3.63, 3.8) is 0 Å². The Hall–Kier alpha value is -0.670. The van der Waals surface area contributed by atoms with Gasteiger partial charge in [-0.25, -0.2) is 21.8 Å². The van der Waals surface area contributed by atoms with Crippen molar-refractivity contribution in [3.8, 4) is 0 Å². The second kappa shape index (κ2) is 4.68. The summed E-state index contributed by atoms with van der Waals surface area (Å²) in [4.78, 5) is 3.76. The third-order valence-corrected chi connectivity index (χ3v) is 5.30. The lowest BCUT2D eigenvalue weighted by Gasteiger charge is -2.05. The summed E-state index contributed by atoms with van der Waals surface area (Å²) in [5.74, 6) is 0.0758. The van der Waals surface area contributed by atoms with E-state index in [-0.39, 0.29) is 5.82 Å². The third kappa shape index (κ3) is 4.90. The van der Waals surface area contributed by atoms with Gasteiger partial charge in [0.05, 0.1) is 0 Å². The Morgan fingerprint density at radius 3 is 2.38 bits per heavy atom. The van der Waals surface area contributed by atoms with Crippen molar-refractivity contribution in [1.82, 2.24) is 4.98 Å². The van der Waals surface area contributed by atoms with Crippen molar-refractivity contribution >= 4 is 41.6 Å². The first-order chi connectivity index (χ1) is 7.18. The molecule has 0 atom stereocenters. The molecular weight excluding hydrogens is 320 g/mol. The predicted octanol–water partition coefficient (Wildman–Crippen LogP) is 0.588. The first-order valence-corrected chi connectivity index (χ1v) is 8.48. The van der Waals surface area contributed by atoms with E-state index in [1.54, 1.807) is 6.07 Å². The maximum absolute atomic E-state index is 11.4. The van der Waals surface area contributed by atoms with Gasteiger partial charge in [0.2, 0.25) is 10.0 Å². The molecule has 1 heterocycles. The smallest absolute Gasteiger partial charge is 0.248 e. The summed E-state index contributed by atoms with van der Waals surface area (Å²) < 4.78 is 47.2. The number of anilines is 1. The standard InChI is InChI=1S/C7H9BrN2O4S2/c1-15(11,12)5-16(13,14)10-7-3-2-6(8)4-9-7/h2-4H,5H2,1H3,(H,9,10). The molecular formula is C7H9BrN2O4S2. The van der Waals surface area contributed by atoms with Gasteiger partial charge in [-0.05, 0) is 28.1 Å². The highest BCUT2D eigenvalue weighted by molar-refractivity contribution is 9.10. The number of hydrogen-bond acceptors (Lipinski definition) is 5. The van der Waals surface area contributed by atoms with E-state index in [1.165, 1.54) is 12.3 Å². The van der Waals surface area contributed by atoms with E-state index in [2.05, 4.69) is 25.6 Å².